The third kappa shape index (κ3) is 3.89. The number of nitrogens with zero attached hydrogens (tertiary/aromatic N) is 2. The second-order valence-corrected chi connectivity index (χ2v) is 6.63. The van der Waals surface area contributed by atoms with E-state index < -0.39 is 0 Å². The lowest BCUT2D eigenvalue weighted by molar-refractivity contribution is -0.125. The molecule has 0 saturated carbocycles. The molecular weight excluding hydrogens is 332 g/mol. The Balaban J connectivity index is 1.76. The topological polar surface area (TPSA) is 79.5 Å². The highest BCUT2D eigenvalue weighted by molar-refractivity contribution is 5.79. The van der Waals surface area contributed by atoms with Crippen LogP contribution < -0.4 is 10.1 Å². The number of H-pyrrole nitrogens is 1. The Morgan fingerprint density at radius 1 is 1.38 bits per heavy atom. The van der Waals surface area contributed by atoms with E-state index in [0.717, 1.165) is 42.2 Å². The third-order valence-corrected chi connectivity index (χ3v) is 4.95. The van der Waals surface area contributed by atoms with Crippen LogP contribution in [0.4, 0.5) is 0 Å². The normalized spacial score (nSPS) is 20.3. The number of methoxy groups -OCH3 is 2. The van der Waals surface area contributed by atoms with Crippen LogP contribution in [0.3, 0.4) is 0 Å². The van der Waals surface area contributed by atoms with E-state index in [9.17, 15) is 4.79 Å². The van der Waals surface area contributed by atoms with Crippen LogP contribution in [0.2, 0.25) is 0 Å². The van der Waals surface area contributed by atoms with E-state index in [2.05, 4.69) is 20.4 Å². The van der Waals surface area contributed by atoms with Gasteiger partial charge >= 0.3 is 0 Å². The number of carbonyl (C=O) groups is 1. The van der Waals surface area contributed by atoms with Gasteiger partial charge in [-0.1, -0.05) is 12.1 Å². The van der Waals surface area contributed by atoms with Crippen molar-refractivity contribution in [3.05, 3.63) is 36.0 Å². The number of carbonyl (C=O) groups excluding carboxylic acids is 1. The molecule has 1 aromatic carbocycles. The molecular formula is C19H26N4O3. The first-order valence-corrected chi connectivity index (χ1v) is 8.75. The number of amides is 1. The SMILES string of the molecule is CNC(=O)[C@@H]1CN(Cc2cn[nH]c2-c2cccc(OC)c2)C[C@H]1COC. The molecule has 2 atom stereocenters. The van der Waals surface area contributed by atoms with E-state index in [1.54, 1.807) is 21.3 Å². The van der Waals surface area contributed by atoms with Crippen LogP contribution in [0.15, 0.2) is 30.5 Å². The highest BCUT2D eigenvalue weighted by Gasteiger charge is 2.37. The number of benzene rings is 1. The standard InChI is InChI=1S/C19H26N4O3/c1-20-19(24)17-11-23(10-15(17)12-25-2)9-14-8-21-22-18(14)13-5-4-6-16(7-13)26-3/h4-8,15,17H,9-12H2,1-3H3,(H,20,24)(H,21,22)/t15-,17+/m0/s1. The quantitative estimate of drug-likeness (QED) is 0.785. The molecule has 1 aliphatic rings. The molecule has 1 aromatic heterocycles. The molecule has 3 rings (SSSR count). The Morgan fingerprint density at radius 3 is 2.96 bits per heavy atom. The lowest BCUT2D eigenvalue weighted by Crippen LogP contribution is -2.34. The van der Waals surface area contributed by atoms with Crippen molar-refractivity contribution in [3.63, 3.8) is 0 Å². The summed E-state index contributed by atoms with van der Waals surface area (Å²) in [6, 6.07) is 7.90. The average molecular weight is 358 g/mol. The van der Waals surface area contributed by atoms with Gasteiger partial charge in [0.05, 0.1) is 31.5 Å². The predicted molar refractivity (Wildman–Crippen MR) is 98.8 cm³/mol. The van der Waals surface area contributed by atoms with Crippen LogP contribution in [-0.4, -0.2) is 62.0 Å². The maximum Gasteiger partial charge on any atom is 0.224 e. The molecule has 0 bridgehead atoms. The molecule has 0 spiro atoms. The van der Waals surface area contributed by atoms with E-state index in [0.29, 0.717) is 6.61 Å². The van der Waals surface area contributed by atoms with Gasteiger partial charge in [0.1, 0.15) is 5.75 Å². The fourth-order valence-electron chi connectivity index (χ4n) is 3.66. The molecule has 1 fully saturated rings. The molecule has 0 unspecified atom stereocenters. The minimum absolute atomic E-state index is 0.0490. The molecule has 1 aliphatic heterocycles. The maximum atomic E-state index is 12.2. The van der Waals surface area contributed by atoms with E-state index in [-0.39, 0.29) is 17.7 Å². The summed E-state index contributed by atoms with van der Waals surface area (Å²) in [5.74, 6) is 1.04. The van der Waals surface area contributed by atoms with Crippen molar-refractivity contribution in [2.24, 2.45) is 11.8 Å². The van der Waals surface area contributed by atoms with Crippen molar-refractivity contribution in [3.8, 4) is 17.0 Å². The lowest BCUT2D eigenvalue weighted by atomic mass is 9.96. The van der Waals surface area contributed by atoms with Gasteiger partial charge in [-0.2, -0.15) is 5.10 Å². The first kappa shape index (κ1) is 18.4. The molecule has 26 heavy (non-hydrogen) atoms. The molecule has 140 valence electrons. The minimum Gasteiger partial charge on any atom is -0.497 e. The number of ether oxygens (including phenoxy) is 2. The second kappa shape index (κ2) is 8.33. The molecule has 0 aliphatic carbocycles. The Morgan fingerprint density at radius 2 is 2.23 bits per heavy atom. The van der Waals surface area contributed by atoms with Crippen molar-refractivity contribution in [1.82, 2.24) is 20.4 Å². The van der Waals surface area contributed by atoms with Gasteiger partial charge < -0.3 is 14.8 Å². The van der Waals surface area contributed by atoms with E-state index in [1.807, 2.05) is 30.5 Å². The predicted octanol–water partition coefficient (Wildman–Crippen LogP) is 1.53. The second-order valence-electron chi connectivity index (χ2n) is 6.63. The van der Waals surface area contributed by atoms with E-state index in [4.69, 9.17) is 9.47 Å². The van der Waals surface area contributed by atoms with Crippen LogP contribution in [0, 0.1) is 11.8 Å². The lowest BCUT2D eigenvalue weighted by Gasteiger charge is -2.16. The molecule has 7 nitrogen and oxygen atoms in total. The number of aromatic nitrogens is 2. The van der Waals surface area contributed by atoms with Gasteiger partial charge in [-0.3, -0.25) is 14.8 Å². The number of nitrogens with one attached hydrogen (secondary N) is 2. The first-order chi connectivity index (χ1) is 12.7. The zero-order valence-electron chi connectivity index (χ0n) is 15.5. The van der Waals surface area contributed by atoms with Crippen LogP contribution in [0.25, 0.3) is 11.3 Å². The summed E-state index contributed by atoms with van der Waals surface area (Å²) in [6.45, 7) is 2.87. The number of hydrogen-bond acceptors (Lipinski definition) is 5. The number of likely N-dealkylation sites (tertiary alicyclic amines) is 1. The van der Waals surface area contributed by atoms with Gasteiger partial charge in [0.2, 0.25) is 5.91 Å². The zero-order chi connectivity index (χ0) is 18.5. The third-order valence-electron chi connectivity index (χ3n) is 4.95. The maximum absolute atomic E-state index is 12.2. The summed E-state index contributed by atoms with van der Waals surface area (Å²) in [4.78, 5) is 14.5. The van der Waals surface area contributed by atoms with Crippen LogP contribution >= 0.6 is 0 Å². The van der Waals surface area contributed by atoms with Gasteiger partial charge in [-0.15, -0.1) is 0 Å². The minimum atomic E-state index is -0.0490. The Bertz CT molecular complexity index is 746. The van der Waals surface area contributed by atoms with Crippen molar-refractivity contribution in [2.75, 3.05) is 41.0 Å². The van der Waals surface area contributed by atoms with Crippen LogP contribution in [-0.2, 0) is 16.1 Å². The first-order valence-electron chi connectivity index (χ1n) is 8.75. The summed E-state index contributed by atoms with van der Waals surface area (Å²) in [5.41, 5.74) is 3.12. The smallest absolute Gasteiger partial charge is 0.224 e. The van der Waals surface area contributed by atoms with Gasteiger partial charge in [0, 0.05) is 50.8 Å². The molecule has 7 heteroatoms. The van der Waals surface area contributed by atoms with Gasteiger partial charge in [0.25, 0.3) is 0 Å². The van der Waals surface area contributed by atoms with Gasteiger partial charge in [-0.05, 0) is 12.1 Å². The molecule has 1 amide bonds. The average Bonchev–Trinajstić information content (AvgIpc) is 3.29. The Kier molecular flexibility index (Phi) is 5.90. The van der Waals surface area contributed by atoms with Gasteiger partial charge in [0.15, 0.2) is 0 Å². The molecule has 2 aromatic rings. The van der Waals surface area contributed by atoms with Crippen LogP contribution in [0.5, 0.6) is 5.75 Å². The fourth-order valence-corrected chi connectivity index (χ4v) is 3.66. The fraction of sp³-hybridized carbons (Fsp3) is 0.474. The summed E-state index contributed by atoms with van der Waals surface area (Å²) in [5, 5.41) is 10.1. The zero-order valence-corrected chi connectivity index (χ0v) is 15.5. The highest BCUT2D eigenvalue weighted by Crippen LogP contribution is 2.29. The molecule has 2 N–H and O–H groups in total. The highest BCUT2D eigenvalue weighted by atomic mass is 16.5. The van der Waals surface area contributed by atoms with E-state index >= 15 is 0 Å². The van der Waals surface area contributed by atoms with Crippen molar-refractivity contribution in [2.45, 2.75) is 6.54 Å². The number of hydrogen-bond donors (Lipinski definition) is 2. The van der Waals surface area contributed by atoms with Gasteiger partial charge in [-0.25, -0.2) is 0 Å². The molecule has 2 heterocycles. The molecule has 0 radical (unpaired) electrons. The number of aromatic amines is 1. The van der Waals surface area contributed by atoms with Crippen molar-refractivity contribution >= 4 is 5.91 Å². The van der Waals surface area contributed by atoms with E-state index in [1.165, 1.54) is 0 Å². The van der Waals surface area contributed by atoms with Crippen molar-refractivity contribution < 1.29 is 14.3 Å². The molecule has 1 saturated heterocycles. The monoisotopic (exact) mass is 358 g/mol. The summed E-state index contributed by atoms with van der Waals surface area (Å²) in [7, 11) is 5.03. The van der Waals surface area contributed by atoms with Crippen LogP contribution in [0.1, 0.15) is 5.56 Å². The van der Waals surface area contributed by atoms with Crippen molar-refractivity contribution in [1.29, 1.82) is 0 Å². The summed E-state index contributed by atoms with van der Waals surface area (Å²) in [6.07, 6.45) is 1.85. The largest absolute Gasteiger partial charge is 0.497 e. The summed E-state index contributed by atoms with van der Waals surface area (Å²) >= 11 is 0. The number of rotatable bonds is 7. The Labute approximate surface area is 153 Å². The Hall–Kier alpha value is -2.38. The summed E-state index contributed by atoms with van der Waals surface area (Å²) < 4.78 is 10.6.